The Balaban J connectivity index is 1.75. The maximum Gasteiger partial charge on any atom is 0.0687 e. The molecule has 1 heterocycles. The Labute approximate surface area is 165 Å². The van der Waals surface area contributed by atoms with E-state index < -0.39 is 0 Å². The van der Waals surface area contributed by atoms with Gasteiger partial charge in [0.2, 0.25) is 0 Å². The third-order valence-electron chi connectivity index (χ3n) is 7.04. The maximum atomic E-state index is 4.39. The first-order valence-electron chi connectivity index (χ1n) is 10.6. The van der Waals surface area contributed by atoms with Gasteiger partial charge in [0.15, 0.2) is 0 Å². The van der Waals surface area contributed by atoms with Gasteiger partial charge < -0.3 is 0 Å². The van der Waals surface area contributed by atoms with E-state index in [1.165, 1.54) is 37.7 Å². The highest BCUT2D eigenvalue weighted by molar-refractivity contribution is 5.25. The van der Waals surface area contributed by atoms with Gasteiger partial charge in [0.1, 0.15) is 0 Å². The highest BCUT2D eigenvalue weighted by Crippen LogP contribution is 2.50. The van der Waals surface area contributed by atoms with Crippen LogP contribution in [0.2, 0.25) is 0 Å². The van der Waals surface area contributed by atoms with Gasteiger partial charge in [-0.1, -0.05) is 65.0 Å². The SMILES string of the molecule is CC(C)(CCC(C)(CCC(C)(C)C1CC1)c1ccccc1)c1cccnn1. The van der Waals surface area contributed by atoms with Crippen LogP contribution in [0.3, 0.4) is 0 Å². The molecule has 0 N–H and O–H groups in total. The van der Waals surface area contributed by atoms with Gasteiger partial charge in [0.05, 0.1) is 5.69 Å². The van der Waals surface area contributed by atoms with Crippen LogP contribution in [0.1, 0.15) is 84.4 Å². The molecule has 0 amide bonds. The number of nitrogens with zero attached hydrogens (tertiary/aromatic N) is 2. The summed E-state index contributed by atoms with van der Waals surface area (Å²) in [6, 6.07) is 15.3. The highest BCUT2D eigenvalue weighted by atomic mass is 15.1. The Morgan fingerprint density at radius 2 is 1.48 bits per heavy atom. The molecule has 1 aliphatic carbocycles. The van der Waals surface area contributed by atoms with Gasteiger partial charge >= 0.3 is 0 Å². The second-order valence-corrected chi connectivity index (χ2v) is 10.2. The fourth-order valence-corrected chi connectivity index (χ4v) is 4.30. The van der Waals surface area contributed by atoms with E-state index in [0.29, 0.717) is 5.41 Å². The molecule has 146 valence electrons. The molecule has 1 saturated carbocycles. The molecule has 3 rings (SSSR count). The fraction of sp³-hybridized carbons (Fsp3) is 0.600. The normalized spacial score (nSPS) is 17.5. The van der Waals surface area contributed by atoms with Gasteiger partial charge in [-0.2, -0.15) is 10.2 Å². The molecule has 27 heavy (non-hydrogen) atoms. The number of hydrogen-bond acceptors (Lipinski definition) is 2. The van der Waals surface area contributed by atoms with E-state index in [1.807, 2.05) is 6.07 Å². The van der Waals surface area contributed by atoms with Gasteiger partial charge in [-0.15, -0.1) is 0 Å². The largest absolute Gasteiger partial charge is 0.159 e. The molecule has 1 fully saturated rings. The first kappa shape index (κ1) is 20.0. The predicted octanol–water partition coefficient (Wildman–Crippen LogP) is 6.71. The maximum absolute atomic E-state index is 4.39. The lowest BCUT2D eigenvalue weighted by atomic mass is 9.68. The molecule has 1 aromatic heterocycles. The van der Waals surface area contributed by atoms with E-state index in [0.717, 1.165) is 18.0 Å². The Hall–Kier alpha value is -1.70. The standard InChI is InChI=1S/C25H36N2/c1-23(2,20-13-14-20)15-17-25(5,21-10-7-6-8-11-21)18-16-24(3,4)22-12-9-19-26-27-22/h6-12,19-20H,13-18H2,1-5H3. The number of aromatic nitrogens is 2. The van der Waals surface area contributed by atoms with Crippen LogP contribution in [0.15, 0.2) is 48.7 Å². The molecule has 0 bridgehead atoms. The molecule has 0 saturated heterocycles. The van der Waals surface area contributed by atoms with Gasteiger partial charge in [0, 0.05) is 11.6 Å². The predicted molar refractivity (Wildman–Crippen MR) is 114 cm³/mol. The Morgan fingerprint density at radius 3 is 2.07 bits per heavy atom. The summed E-state index contributed by atoms with van der Waals surface area (Å²) < 4.78 is 0. The smallest absolute Gasteiger partial charge is 0.0687 e. The van der Waals surface area contributed by atoms with Crippen molar-refractivity contribution in [3.05, 3.63) is 59.9 Å². The van der Waals surface area contributed by atoms with Gasteiger partial charge in [-0.3, -0.25) is 0 Å². The molecular formula is C25H36N2. The van der Waals surface area contributed by atoms with Crippen molar-refractivity contribution in [2.24, 2.45) is 11.3 Å². The summed E-state index contributed by atoms with van der Waals surface area (Å²) in [4.78, 5) is 0. The third-order valence-corrected chi connectivity index (χ3v) is 7.04. The van der Waals surface area contributed by atoms with Gasteiger partial charge in [-0.25, -0.2) is 0 Å². The summed E-state index contributed by atoms with van der Waals surface area (Å²) in [6.07, 6.45) is 9.44. The summed E-state index contributed by atoms with van der Waals surface area (Å²) in [5, 5.41) is 8.49. The quantitative estimate of drug-likeness (QED) is 0.494. The summed E-state index contributed by atoms with van der Waals surface area (Å²) in [7, 11) is 0. The van der Waals surface area contributed by atoms with E-state index in [4.69, 9.17) is 0 Å². The van der Waals surface area contributed by atoms with Crippen LogP contribution in [0.5, 0.6) is 0 Å². The molecular weight excluding hydrogens is 328 g/mol. The molecule has 2 nitrogen and oxygen atoms in total. The second-order valence-electron chi connectivity index (χ2n) is 10.2. The zero-order valence-corrected chi connectivity index (χ0v) is 17.8. The van der Waals surface area contributed by atoms with E-state index in [2.05, 4.69) is 81.2 Å². The fourth-order valence-electron chi connectivity index (χ4n) is 4.30. The zero-order valence-electron chi connectivity index (χ0n) is 17.8. The van der Waals surface area contributed by atoms with Crippen LogP contribution in [0.4, 0.5) is 0 Å². The van der Waals surface area contributed by atoms with Crippen molar-refractivity contribution in [3.63, 3.8) is 0 Å². The Bertz CT molecular complexity index is 717. The second kappa shape index (κ2) is 7.73. The zero-order chi connectivity index (χ0) is 19.5. The van der Waals surface area contributed by atoms with Crippen LogP contribution >= 0.6 is 0 Å². The lowest BCUT2D eigenvalue weighted by Crippen LogP contribution is -2.29. The summed E-state index contributed by atoms with van der Waals surface area (Å²) in [5.74, 6) is 0.938. The van der Waals surface area contributed by atoms with Crippen LogP contribution < -0.4 is 0 Å². The minimum absolute atomic E-state index is 0.0380. The van der Waals surface area contributed by atoms with Crippen molar-refractivity contribution in [1.82, 2.24) is 10.2 Å². The molecule has 2 heteroatoms. The van der Waals surface area contributed by atoms with Crippen molar-refractivity contribution in [3.8, 4) is 0 Å². The molecule has 1 atom stereocenters. The Kier molecular flexibility index (Phi) is 5.74. The van der Waals surface area contributed by atoms with Crippen LogP contribution in [-0.4, -0.2) is 10.2 Å². The van der Waals surface area contributed by atoms with Crippen LogP contribution in [0.25, 0.3) is 0 Å². The number of rotatable bonds is 9. The van der Waals surface area contributed by atoms with E-state index in [-0.39, 0.29) is 10.8 Å². The van der Waals surface area contributed by atoms with Crippen molar-refractivity contribution in [1.29, 1.82) is 0 Å². The lowest BCUT2D eigenvalue weighted by Gasteiger charge is -2.37. The Morgan fingerprint density at radius 1 is 0.815 bits per heavy atom. The first-order chi connectivity index (χ1) is 12.7. The molecule has 2 aromatic rings. The van der Waals surface area contributed by atoms with E-state index in [9.17, 15) is 0 Å². The number of hydrogen-bond donors (Lipinski definition) is 0. The highest BCUT2D eigenvalue weighted by Gasteiger charge is 2.39. The number of benzene rings is 1. The average Bonchev–Trinajstić information content (AvgIpc) is 3.52. The molecule has 1 aliphatic rings. The molecule has 0 spiro atoms. The summed E-state index contributed by atoms with van der Waals surface area (Å²) in [5.41, 5.74) is 3.28. The lowest BCUT2D eigenvalue weighted by molar-refractivity contribution is 0.228. The van der Waals surface area contributed by atoms with Crippen LogP contribution in [-0.2, 0) is 10.8 Å². The van der Waals surface area contributed by atoms with Crippen molar-refractivity contribution in [2.45, 2.75) is 84.0 Å². The van der Waals surface area contributed by atoms with Crippen molar-refractivity contribution in [2.75, 3.05) is 0 Å². The molecule has 1 aromatic carbocycles. The summed E-state index contributed by atoms with van der Waals surface area (Å²) in [6.45, 7) is 12.0. The minimum atomic E-state index is 0.0380. The molecule has 0 aliphatic heterocycles. The first-order valence-corrected chi connectivity index (χ1v) is 10.6. The monoisotopic (exact) mass is 364 g/mol. The van der Waals surface area contributed by atoms with Gasteiger partial charge in [-0.05, 0) is 73.0 Å². The third kappa shape index (κ3) is 4.97. The summed E-state index contributed by atoms with van der Waals surface area (Å²) >= 11 is 0. The molecule has 1 unspecified atom stereocenters. The van der Waals surface area contributed by atoms with Crippen molar-refractivity contribution >= 4 is 0 Å². The van der Waals surface area contributed by atoms with E-state index in [1.54, 1.807) is 6.20 Å². The molecule has 0 radical (unpaired) electrons. The topological polar surface area (TPSA) is 25.8 Å². The van der Waals surface area contributed by atoms with E-state index >= 15 is 0 Å². The minimum Gasteiger partial charge on any atom is -0.159 e. The van der Waals surface area contributed by atoms with Crippen molar-refractivity contribution < 1.29 is 0 Å². The van der Waals surface area contributed by atoms with Crippen LogP contribution in [0, 0.1) is 11.3 Å². The average molecular weight is 365 g/mol. The van der Waals surface area contributed by atoms with Gasteiger partial charge in [0.25, 0.3) is 0 Å².